The largest absolute Gasteiger partial charge is 0.489 e. The minimum atomic E-state index is 0. The number of ether oxygens (including phenoxy) is 1. The molecule has 0 aromatic carbocycles. The van der Waals surface area contributed by atoms with Gasteiger partial charge in [-0.2, -0.15) is 5.26 Å². The Morgan fingerprint density at radius 3 is 2.94 bits per heavy atom. The van der Waals surface area contributed by atoms with E-state index in [9.17, 15) is 0 Å². The van der Waals surface area contributed by atoms with Crippen molar-refractivity contribution in [1.82, 2.24) is 9.38 Å². The van der Waals surface area contributed by atoms with Crippen molar-refractivity contribution in [3.8, 4) is 11.8 Å². The fourth-order valence-corrected chi connectivity index (χ4v) is 1.52. The first-order valence-electron chi connectivity index (χ1n) is 4.77. The molecule has 0 aliphatic rings. The highest BCUT2D eigenvalue weighted by molar-refractivity contribution is 5.62. The molecule has 84 valence electrons. The minimum absolute atomic E-state index is 0. The Labute approximate surface area is 95.1 Å². The fraction of sp³-hybridized carbons (Fsp3) is 0.333. The highest BCUT2D eigenvalue weighted by Gasteiger charge is 2.11. The summed E-state index contributed by atoms with van der Waals surface area (Å²) >= 11 is 0. The first kappa shape index (κ1) is 12.1. The van der Waals surface area contributed by atoms with Crippen LogP contribution in [0.25, 0.3) is 5.65 Å². The maximum atomic E-state index is 8.94. The van der Waals surface area contributed by atoms with Gasteiger partial charge in [0.05, 0.1) is 12.2 Å². The molecule has 0 atom stereocenters. The second kappa shape index (κ2) is 4.67. The topological polar surface area (TPSA) is 50.3 Å². The van der Waals surface area contributed by atoms with Crippen molar-refractivity contribution in [3.05, 3.63) is 29.7 Å². The van der Waals surface area contributed by atoms with E-state index in [-0.39, 0.29) is 7.43 Å². The number of fused-ring (bicyclic) bond motifs is 1. The number of aryl methyl sites for hydroxylation is 1. The van der Waals surface area contributed by atoms with Gasteiger partial charge in [0.15, 0.2) is 11.4 Å². The van der Waals surface area contributed by atoms with Crippen LogP contribution in [0.3, 0.4) is 0 Å². The van der Waals surface area contributed by atoms with Gasteiger partial charge in [-0.25, -0.2) is 4.98 Å². The summed E-state index contributed by atoms with van der Waals surface area (Å²) in [5.74, 6) is 0.565. The smallest absolute Gasteiger partial charge is 0.181 e. The lowest BCUT2D eigenvalue weighted by molar-refractivity contribution is 0.341. The van der Waals surface area contributed by atoms with Crippen molar-refractivity contribution in [2.24, 2.45) is 0 Å². The average Bonchev–Trinajstić information content (AvgIpc) is 2.62. The summed E-state index contributed by atoms with van der Waals surface area (Å²) in [7, 11) is 0. The Morgan fingerprint density at radius 1 is 1.56 bits per heavy atom. The molecule has 0 aliphatic carbocycles. The predicted molar refractivity (Wildman–Crippen MR) is 62.5 cm³/mol. The van der Waals surface area contributed by atoms with Crippen molar-refractivity contribution in [1.29, 1.82) is 5.26 Å². The molecule has 0 saturated heterocycles. The monoisotopic (exact) mass is 217 g/mol. The first-order chi connectivity index (χ1) is 7.27. The third-order valence-electron chi connectivity index (χ3n) is 2.23. The lowest BCUT2D eigenvalue weighted by Gasteiger charge is -2.06. The van der Waals surface area contributed by atoms with Gasteiger partial charge in [0.1, 0.15) is 6.07 Å². The third-order valence-corrected chi connectivity index (χ3v) is 2.23. The molecule has 0 aliphatic heterocycles. The number of nitriles is 1. The fourth-order valence-electron chi connectivity index (χ4n) is 1.52. The maximum Gasteiger partial charge on any atom is 0.181 e. The Kier molecular flexibility index (Phi) is 3.51. The van der Waals surface area contributed by atoms with E-state index in [1.807, 2.05) is 24.4 Å². The van der Waals surface area contributed by atoms with Gasteiger partial charge in [-0.1, -0.05) is 7.43 Å². The lowest BCUT2D eigenvalue weighted by atomic mass is 10.2. The summed E-state index contributed by atoms with van der Waals surface area (Å²) in [4.78, 5) is 4.23. The Morgan fingerprint density at radius 2 is 2.31 bits per heavy atom. The van der Waals surface area contributed by atoms with Crippen LogP contribution < -0.4 is 4.74 Å². The van der Waals surface area contributed by atoms with Gasteiger partial charge >= 0.3 is 0 Å². The summed E-state index contributed by atoms with van der Waals surface area (Å²) in [5, 5.41) is 8.94. The number of nitrogens with zero attached hydrogens (tertiary/aromatic N) is 3. The van der Waals surface area contributed by atoms with Crippen LogP contribution in [0.5, 0.6) is 5.75 Å². The number of aromatic nitrogens is 2. The predicted octanol–water partition coefficient (Wildman–Crippen LogP) is 2.55. The summed E-state index contributed by atoms with van der Waals surface area (Å²) in [5.41, 5.74) is 2.25. The van der Waals surface area contributed by atoms with Crippen molar-refractivity contribution in [2.75, 3.05) is 6.61 Å². The van der Waals surface area contributed by atoms with E-state index in [1.165, 1.54) is 0 Å². The molecule has 0 fully saturated rings. The Hall–Kier alpha value is -2.02. The zero-order valence-electron chi connectivity index (χ0n) is 8.69. The van der Waals surface area contributed by atoms with Crippen LogP contribution in [0.4, 0.5) is 0 Å². The Bertz CT molecular complexity index is 537. The van der Waals surface area contributed by atoms with Crippen molar-refractivity contribution < 1.29 is 4.74 Å². The molecule has 16 heavy (non-hydrogen) atoms. The zero-order chi connectivity index (χ0) is 10.8. The highest BCUT2D eigenvalue weighted by atomic mass is 16.5. The van der Waals surface area contributed by atoms with E-state index in [4.69, 9.17) is 10.00 Å². The molecular weight excluding hydrogens is 202 g/mol. The number of pyridine rings is 1. The summed E-state index contributed by atoms with van der Waals surface area (Å²) in [6.45, 7) is 4.38. The second-order valence-electron chi connectivity index (χ2n) is 3.20. The average molecular weight is 217 g/mol. The summed E-state index contributed by atoms with van der Waals surface area (Å²) in [6.07, 6.45) is 3.59. The molecule has 2 heterocycles. The zero-order valence-corrected chi connectivity index (χ0v) is 8.69. The number of imidazole rings is 1. The molecule has 0 amide bonds. The number of hydrogen-bond acceptors (Lipinski definition) is 3. The Balaban J connectivity index is 0.00000128. The molecule has 0 unspecified atom stereocenters. The van der Waals surface area contributed by atoms with Gasteiger partial charge in [-0.15, -0.1) is 0 Å². The van der Waals surface area contributed by atoms with Gasteiger partial charge in [-0.05, 0) is 19.9 Å². The van der Waals surface area contributed by atoms with Crippen LogP contribution in [0.2, 0.25) is 0 Å². The number of rotatable bonds is 2. The van der Waals surface area contributed by atoms with Gasteiger partial charge < -0.3 is 9.14 Å². The van der Waals surface area contributed by atoms with Crippen LogP contribution >= 0.6 is 0 Å². The lowest BCUT2D eigenvalue weighted by Crippen LogP contribution is -1.99. The molecule has 4 nitrogen and oxygen atoms in total. The van der Waals surface area contributed by atoms with Crippen LogP contribution in [-0.2, 0) is 0 Å². The van der Waals surface area contributed by atoms with E-state index in [2.05, 4.69) is 11.1 Å². The van der Waals surface area contributed by atoms with Crippen molar-refractivity contribution in [2.45, 2.75) is 21.3 Å². The molecule has 2 aromatic heterocycles. The van der Waals surface area contributed by atoms with E-state index >= 15 is 0 Å². The molecule has 0 spiro atoms. The normalized spacial score (nSPS) is 9.56. The molecule has 0 N–H and O–H groups in total. The van der Waals surface area contributed by atoms with Crippen LogP contribution in [-0.4, -0.2) is 16.0 Å². The van der Waals surface area contributed by atoms with Crippen LogP contribution in [0.1, 0.15) is 25.6 Å². The van der Waals surface area contributed by atoms with E-state index < -0.39 is 0 Å². The quantitative estimate of drug-likeness (QED) is 0.776. The molecular formula is C12H15N3O. The van der Waals surface area contributed by atoms with E-state index in [0.717, 1.165) is 5.69 Å². The molecule has 4 heteroatoms. The van der Waals surface area contributed by atoms with Crippen LogP contribution in [0, 0.1) is 18.3 Å². The minimum Gasteiger partial charge on any atom is -0.489 e. The molecule has 0 saturated carbocycles. The number of hydrogen-bond donors (Lipinski definition) is 0. The van der Waals surface area contributed by atoms with Gasteiger partial charge in [0, 0.05) is 18.1 Å². The van der Waals surface area contributed by atoms with E-state index in [1.54, 1.807) is 12.3 Å². The third kappa shape index (κ3) is 1.72. The van der Waals surface area contributed by atoms with Gasteiger partial charge in [0.25, 0.3) is 0 Å². The van der Waals surface area contributed by atoms with Gasteiger partial charge in [-0.3, -0.25) is 0 Å². The van der Waals surface area contributed by atoms with Crippen molar-refractivity contribution in [3.63, 3.8) is 0 Å². The molecule has 2 rings (SSSR count). The van der Waals surface area contributed by atoms with Crippen LogP contribution in [0.15, 0.2) is 18.5 Å². The maximum absolute atomic E-state index is 8.94. The SMILES string of the molecule is C.CCOc1c(C#N)ccn2c(C)cnc12. The molecule has 0 radical (unpaired) electrons. The second-order valence-corrected chi connectivity index (χ2v) is 3.20. The first-order valence-corrected chi connectivity index (χ1v) is 4.77. The highest BCUT2D eigenvalue weighted by Crippen LogP contribution is 2.24. The van der Waals surface area contributed by atoms with Crippen molar-refractivity contribution >= 4 is 5.65 Å². The van der Waals surface area contributed by atoms with E-state index in [0.29, 0.717) is 23.6 Å². The molecule has 0 bridgehead atoms. The summed E-state index contributed by atoms with van der Waals surface area (Å²) in [6, 6.07) is 3.85. The summed E-state index contributed by atoms with van der Waals surface area (Å²) < 4.78 is 7.36. The van der Waals surface area contributed by atoms with Gasteiger partial charge in [0.2, 0.25) is 0 Å². The standard InChI is InChI=1S/C11H11N3O.CH4/c1-3-15-10-9(6-12)4-5-14-8(2)7-13-11(10)14;/h4-5,7H,3H2,1-2H3;1H4. The molecule has 2 aromatic rings.